The highest BCUT2D eigenvalue weighted by molar-refractivity contribution is 7.13. The fourth-order valence-corrected chi connectivity index (χ4v) is 2.98. The van der Waals surface area contributed by atoms with E-state index in [0.717, 1.165) is 10.6 Å². The summed E-state index contributed by atoms with van der Waals surface area (Å²) in [7, 11) is 0. The molecule has 0 spiro atoms. The Morgan fingerprint density at radius 2 is 2.22 bits per heavy atom. The quantitative estimate of drug-likeness (QED) is 0.893. The number of nitrogens with two attached hydrogens (primary N) is 1. The first-order valence-electron chi connectivity index (χ1n) is 5.64. The molecule has 2 heterocycles. The third-order valence-electron chi connectivity index (χ3n) is 2.68. The molecule has 2 N–H and O–H groups in total. The topological polar surface area (TPSA) is 51.8 Å². The van der Waals surface area contributed by atoms with E-state index in [4.69, 9.17) is 5.73 Å². The van der Waals surface area contributed by atoms with Crippen LogP contribution in [0, 0.1) is 6.92 Å². The molecule has 2 aromatic heterocycles. The van der Waals surface area contributed by atoms with Gasteiger partial charge in [-0.2, -0.15) is 0 Å². The highest BCUT2D eigenvalue weighted by Gasteiger charge is 2.09. The maximum atomic E-state index is 5.63. The second kappa shape index (κ2) is 5.14. The van der Waals surface area contributed by atoms with Crippen molar-refractivity contribution in [2.24, 2.45) is 0 Å². The van der Waals surface area contributed by atoms with E-state index >= 15 is 0 Å². The molecule has 18 heavy (non-hydrogen) atoms. The Bertz CT molecular complexity index is 698. The third kappa shape index (κ3) is 2.19. The molecular formula is C14H15N3S. The molecule has 92 valence electrons. The molecule has 0 saturated carbocycles. The molecule has 0 atom stereocenters. The lowest BCUT2D eigenvalue weighted by molar-refractivity contribution is 1.19. The van der Waals surface area contributed by atoms with Gasteiger partial charge in [-0.1, -0.05) is 24.8 Å². The second-order valence-corrected chi connectivity index (χ2v) is 4.88. The highest BCUT2D eigenvalue weighted by atomic mass is 32.1. The third-order valence-corrected chi connectivity index (χ3v) is 4.07. The van der Waals surface area contributed by atoms with E-state index in [0.29, 0.717) is 5.95 Å². The Hall–Kier alpha value is -1.94. The molecule has 0 unspecified atom stereocenters. The average Bonchev–Trinajstić information content (AvgIpc) is 2.67. The maximum Gasteiger partial charge on any atom is 0.220 e. The van der Waals surface area contributed by atoms with Crippen LogP contribution < -0.4 is 15.5 Å². The minimum absolute atomic E-state index is 0.302. The predicted octanol–water partition coefficient (Wildman–Crippen LogP) is 1.86. The summed E-state index contributed by atoms with van der Waals surface area (Å²) in [5.41, 5.74) is 7.70. The fraction of sp³-hybridized carbons (Fsp3) is 0.143. The molecule has 0 aromatic carbocycles. The van der Waals surface area contributed by atoms with Crippen molar-refractivity contribution in [3.8, 4) is 10.6 Å². The average molecular weight is 257 g/mol. The van der Waals surface area contributed by atoms with Gasteiger partial charge in [0.2, 0.25) is 5.95 Å². The maximum absolute atomic E-state index is 5.63. The van der Waals surface area contributed by atoms with Gasteiger partial charge in [0.25, 0.3) is 0 Å². The minimum atomic E-state index is 0.302. The van der Waals surface area contributed by atoms with Crippen LogP contribution in [0.1, 0.15) is 12.5 Å². The van der Waals surface area contributed by atoms with Gasteiger partial charge in [0, 0.05) is 10.7 Å². The fourth-order valence-electron chi connectivity index (χ4n) is 1.83. The summed E-state index contributed by atoms with van der Waals surface area (Å²) in [6.45, 7) is 7.88. The van der Waals surface area contributed by atoms with E-state index in [1.807, 2.05) is 19.1 Å². The predicted molar refractivity (Wildman–Crippen MR) is 78.5 cm³/mol. The zero-order valence-corrected chi connectivity index (χ0v) is 11.3. The molecule has 0 bridgehead atoms. The van der Waals surface area contributed by atoms with E-state index in [1.165, 1.54) is 15.3 Å². The van der Waals surface area contributed by atoms with Gasteiger partial charge in [0.05, 0.1) is 10.6 Å². The number of aromatic nitrogens is 2. The lowest BCUT2D eigenvalue weighted by Gasteiger charge is -1.99. The normalized spacial score (nSPS) is 13.0. The van der Waals surface area contributed by atoms with Crippen LogP contribution in [-0.2, 0) is 0 Å². The number of rotatable bonds is 2. The van der Waals surface area contributed by atoms with Crippen LogP contribution in [0.3, 0.4) is 0 Å². The number of nitrogens with zero attached hydrogens (tertiary/aromatic N) is 2. The summed E-state index contributed by atoms with van der Waals surface area (Å²) in [6, 6.07) is 1.88. The van der Waals surface area contributed by atoms with Crippen molar-refractivity contribution in [3.63, 3.8) is 0 Å². The number of allylic oxidation sites excluding steroid dienone is 1. The number of hydrogen-bond acceptors (Lipinski definition) is 4. The Kier molecular flexibility index (Phi) is 3.58. The van der Waals surface area contributed by atoms with Crippen molar-refractivity contribution in [1.29, 1.82) is 0 Å². The van der Waals surface area contributed by atoms with Gasteiger partial charge >= 0.3 is 0 Å². The smallest absolute Gasteiger partial charge is 0.220 e. The van der Waals surface area contributed by atoms with Gasteiger partial charge in [-0.05, 0) is 30.7 Å². The molecule has 0 radical (unpaired) electrons. The Labute approximate surface area is 110 Å². The monoisotopic (exact) mass is 257 g/mol. The van der Waals surface area contributed by atoms with Crippen molar-refractivity contribution in [2.45, 2.75) is 13.8 Å². The van der Waals surface area contributed by atoms with Gasteiger partial charge in [0.15, 0.2) is 0 Å². The van der Waals surface area contributed by atoms with E-state index in [-0.39, 0.29) is 0 Å². The number of anilines is 1. The molecule has 0 fully saturated rings. The first-order chi connectivity index (χ1) is 8.67. The summed E-state index contributed by atoms with van der Waals surface area (Å²) in [5, 5.41) is 1.20. The molecule has 0 aliphatic rings. The summed E-state index contributed by atoms with van der Waals surface area (Å²) >= 11 is 1.71. The van der Waals surface area contributed by atoms with Gasteiger partial charge in [0.1, 0.15) is 0 Å². The standard InChI is InChI=1S/C14H15N3S/c1-4-6-10-9(3)13(18-12(10)5-2)11-7-8-16-14(15)17-11/h4-8H,1H2,2-3H3,(H2,15,16,17)/b10-6-,12-5+. The van der Waals surface area contributed by atoms with Crippen LogP contribution >= 0.6 is 11.3 Å². The zero-order chi connectivity index (χ0) is 13.1. The number of hydrogen-bond donors (Lipinski definition) is 1. The minimum Gasteiger partial charge on any atom is -0.368 e. The van der Waals surface area contributed by atoms with Crippen molar-refractivity contribution < 1.29 is 0 Å². The summed E-state index contributed by atoms with van der Waals surface area (Å²) in [5.74, 6) is 0.302. The molecule has 0 aliphatic carbocycles. The molecule has 0 aliphatic heterocycles. The van der Waals surface area contributed by atoms with Crippen LogP contribution in [0.5, 0.6) is 0 Å². The number of thiophene rings is 1. The first kappa shape index (κ1) is 12.5. The summed E-state index contributed by atoms with van der Waals surface area (Å²) in [6.07, 6.45) is 7.61. The lowest BCUT2D eigenvalue weighted by atomic mass is 10.2. The first-order valence-corrected chi connectivity index (χ1v) is 6.46. The summed E-state index contributed by atoms with van der Waals surface area (Å²) in [4.78, 5) is 9.33. The van der Waals surface area contributed by atoms with E-state index < -0.39 is 0 Å². The van der Waals surface area contributed by atoms with Gasteiger partial charge < -0.3 is 5.73 Å². The summed E-state index contributed by atoms with van der Waals surface area (Å²) < 4.78 is 1.22. The van der Waals surface area contributed by atoms with E-state index in [9.17, 15) is 0 Å². The Balaban J connectivity index is 2.75. The van der Waals surface area contributed by atoms with Gasteiger partial charge in [-0.15, -0.1) is 11.3 Å². The van der Waals surface area contributed by atoms with Crippen LogP contribution in [0.25, 0.3) is 22.7 Å². The molecule has 3 nitrogen and oxygen atoms in total. The van der Waals surface area contributed by atoms with Crippen molar-refractivity contribution in [3.05, 3.63) is 40.2 Å². The van der Waals surface area contributed by atoms with E-state index in [1.54, 1.807) is 23.6 Å². The highest BCUT2D eigenvalue weighted by Crippen LogP contribution is 2.22. The molecule has 0 saturated heterocycles. The molecule has 2 aromatic rings. The van der Waals surface area contributed by atoms with Crippen molar-refractivity contribution in [1.82, 2.24) is 9.97 Å². The van der Waals surface area contributed by atoms with Crippen LogP contribution in [-0.4, -0.2) is 9.97 Å². The molecule has 4 heteroatoms. The Morgan fingerprint density at radius 1 is 1.44 bits per heavy atom. The van der Waals surface area contributed by atoms with Gasteiger partial charge in [-0.25, -0.2) is 9.97 Å². The zero-order valence-electron chi connectivity index (χ0n) is 10.5. The SMILES string of the molecule is C=C/C=c1/c(C)c(-c2ccnc(N)n2)s/c1=C/C. The van der Waals surface area contributed by atoms with Crippen molar-refractivity contribution >= 4 is 29.4 Å². The van der Waals surface area contributed by atoms with Gasteiger partial charge in [-0.3, -0.25) is 0 Å². The van der Waals surface area contributed by atoms with Crippen LogP contribution in [0.2, 0.25) is 0 Å². The largest absolute Gasteiger partial charge is 0.368 e. The Morgan fingerprint density at radius 3 is 2.83 bits per heavy atom. The second-order valence-electron chi connectivity index (χ2n) is 3.83. The molecular weight excluding hydrogens is 242 g/mol. The lowest BCUT2D eigenvalue weighted by Crippen LogP contribution is -2.19. The van der Waals surface area contributed by atoms with Crippen molar-refractivity contribution in [2.75, 3.05) is 5.73 Å². The van der Waals surface area contributed by atoms with Crippen LogP contribution in [0.15, 0.2) is 24.9 Å². The molecule has 0 amide bonds. The van der Waals surface area contributed by atoms with Crippen LogP contribution in [0.4, 0.5) is 5.95 Å². The number of nitrogen functional groups attached to an aromatic ring is 1. The molecule has 2 rings (SSSR count). The van der Waals surface area contributed by atoms with E-state index in [2.05, 4.69) is 29.5 Å².